The minimum absolute atomic E-state index is 0.0165. The van der Waals surface area contributed by atoms with E-state index in [1.807, 2.05) is 0 Å². The van der Waals surface area contributed by atoms with Gasteiger partial charge in [-0.3, -0.25) is 52.7 Å². The predicted molar refractivity (Wildman–Crippen MR) is 318 cm³/mol. The molecule has 6 aliphatic heterocycles. The number of rotatable bonds is 5. The van der Waals surface area contributed by atoms with Crippen molar-refractivity contribution in [2.75, 3.05) is 54.4 Å². The van der Waals surface area contributed by atoms with E-state index in [0.29, 0.717) is 12.0 Å². The molecule has 488 valence electrons. The second-order valence-electron chi connectivity index (χ2n) is 25.2. The summed E-state index contributed by atoms with van der Waals surface area (Å²) in [6.07, 6.45) is -3.96. The molecule has 1 aromatic carbocycles. The standard InChI is InChI=1S/C61H81N11O18/c1-25(2)40-57(82)71-20-16-17-34(71)56(81)67(12)22-37(74)69(14)31(10)60(85)89-36-24-87-51-39(53(78)66-44(36)55(80)63-40)45-50(30(9)48(51)76)90-49-28(7)18-19-33(43(49)62-45)52(77)65-42-32(11)88-61(86)46(27(5)6)70(15)38(75)23-68(13)59(84)47-35(73)21-29(8)72(47)58(83)41(26(3)4)64-54(42)79/h18-19,25-27,29,31-32,34-36,40-42,44,46-47,73H,16-17,20-24H2,1-15H3,(H,63,80)(H,64,79)(H,65,77)(H,66,78)/t29-,31+,32+,34+,35-,36+,40-,41+,42+,44+,46+,47-/m0/s1. The van der Waals surface area contributed by atoms with Crippen LogP contribution in [-0.4, -0.2) is 238 Å². The average molecular weight is 1260 g/mol. The van der Waals surface area contributed by atoms with Gasteiger partial charge in [0, 0.05) is 46.3 Å². The van der Waals surface area contributed by atoms with Gasteiger partial charge in [-0.2, -0.15) is 0 Å². The van der Waals surface area contributed by atoms with Crippen LogP contribution in [0.4, 0.5) is 0 Å². The van der Waals surface area contributed by atoms with Crippen molar-refractivity contribution < 1.29 is 81.3 Å². The van der Waals surface area contributed by atoms with Crippen molar-refractivity contribution >= 4 is 82.1 Å². The van der Waals surface area contributed by atoms with E-state index in [2.05, 4.69) is 21.3 Å². The Morgan fingerprint density at radius 1 is 0.733 bits per heavy atom. The molecule has 4 saturated heterocycles. The highest BCUT2D eigenvalue weighted by molar-refractivity contribution is 6.10. The number of carbonyl (C=O) groups is 12. The molecule has 7 aliphatic rings. The SMILES string of the molecule is Cc1c2oc3c(C)ccc(C(=O)N[C@H]4C(=O)N[C@H](C(C)C)C(=O)N5[C@H](C(=O)N(C)CC(=O)N(C)[C@H](C(C)C)C(=O)O[C@@H]4C)[C@@H](O)C[C@@H]5C)c3nc-2c2c(c1=O)OC[C@H]1OC(=O)[C@@H](C)N(C)C(=O)CN(C)C(=O)[C@H]3CCCN3C(=O)[C@H](C(C)C)NC(=O)[C@@H]1NC2=O. The van der Waals surface area contributed by atoms with E-state index in [1.54, 1.807) is 55.4 Å². The summed E-state index contributed by atoms with van der Waals surface area (Å²) in [5.74, 6) is -13.3. The maximum atomic E-state index is 15.1. The number of ether oxygens (including phenoxy) is 3. The lowest BCUT2D eigenvalue weighted by atomic mass is 9.98. The Hall–Kier alpha value is -8.76. The van der Waals surface area contributed by atoms with Crippen molar-refractivity contribution in [3.05, 3.63) is 44.6 Å². The number of aliphatic hydroxyl groups excluding tert-OH is 1. The van der Waals surface area contributed by atoms with Gasteiger partial charge in [-0.1, -0.05) is 47.6 Å². The average Bonchev–Trinajstić information content (AvgIpc) is 0.918. The zero-order valence-electron chi connectivity index (χ0n) is 53.3. The van der Waals surface area contributed by atoms with Gasteiger partial charge in [0.05, 0.1) is 24.8 Å². The molecular formula is C61H81N11O18. The molecule has 0 radical (unpaired) electrons. The number of aromatic nitrogens is 1. The van der Waals surface area contributed by atoms with Crippen molar-refractivity contribution in [1.29, 1.82) is 0 Å². The Labute approximate surface area is 519 Å². The summed E-state index contributed by atoms with van der Waals surface area (Å²) in [4.78, 5) is 199. The molecule has 10 amide bonds. The van der Waals surface area contributed by atoms with Gasteiger partial charge < -0.3 is 74.4 Å². The van der Waals surface area contributed by atoms with Gasteiger partial charge in [0.25, 0.3) is 11.8 Å². The number of benzene rings is 2. The molecule has 29 heteroatoms. The van der Waals surface area contributed by atoms with Crippen molar-refractivity contribution in [3.63, 3.8) is 0 Å². The predicted octanol–water partition coefficient (Wildman–Crippen LogP) is -0.761. The molecule has 12 atom stereocenters. The van der Waals surface area contributed by atoms with Crippen LogP contribution in [0.3, 0.4) is 0 Å². The van der Waals surface area contributed by atoms with Crippen LogP contribution in [0.1, 0.15) is 113 Å². The Balaban J connectivity index is 1.21. The Kier molecular flexibility index (Phi) is 19.7. The molecule has 5 N–H and O–H groups in total. The number of hydrogen-bond acceptors (Lipinski definition) is 19. The molecule has 0 aromatic heterocycles. The summed E-state index contributed by atoms with van der Waals surface area (Å²) in [5, 5.41) is 21.9. The van der Waals surface area contributed by atoms with Crippen LogP contribution in [0.2, 0.25) is 0 Å². The summed E-state index contributed by atoms with van der Waals surface area (Å²) in [6.45, 7) is 15.4. The first-order valence-electron chi connectivity index (χ1n) is 30.2. The minimum atomic E-state index is -1.89. The van der Waals surface area contributed by atoms with Crippen LogP contribution in [0.15, 0.2) is 21.3 Å². The molecule has 6 heterocycles. The van der Waals surface area contributed by atoms with Gasteiger partial charge in [0.15, 0.2) is 23.2 Å². The van der Waals surface area contributed by atoms with E-state index in [9.17, 15) is 57.8 Å². The van der Waals surface area contributed by atoms with Crippen molar-refractivity contribution in [2.45, 2.75) is 168 Å². The number of aliphatic hydroxyl groups is 1. The zero-order valence-corrected chi connectivity index (χ0v) is 53.3. The summed E-state index contributed by atoms with van der Waals surface area (Å²) in [7, 11) is 5.37. The minimum Gasteiger partial charge on any atom is -0.485 e. The monoisotopic (exact) mass is 1260 g/mol. The number of nitrogens with one attached hydrogen (secondary N) is 4. The molecule has 0 spiro atoms. The maximum absolute atomic E-state index is 15.1. The van der Waals surface area contributed by atoms with Crippen LogP contribution < -0.4 is 31.4 Å². The quantitative estimate of drug-likeness (QED) is 0.155. The van der Waals surface area contributed by atoms with E-state index in [1.165, 1.54) is 70.9 Å². The summed E-state index contributed by atoms with van der Waals surface area (Å²) >= 11 is 0. The normalized spacial score (nSPS) is 28.5. The first kappa shape index (κ1) is 67.2. The van der Waals surface area contributed by atoms with Crippen molar-refractivity contribution in [2.24, 2.45) is 17.8 Å². The smallest absolute Gasteiger partial charge is 0.329 e. The number of hydrogen-bond donors (Lipinski definition) is 5. The van der Waals surface area contributed by atoms with Crippen molar-refractivity contribution in [3.8, 4) is 17.2 Å². The second kappa shape index (κ2) is 26.4. The zero-order chi connectivity index (χ0) is 66.6. The fraction of sp³-hybridized carbons (Fsp3) is 0.607. The molecular weight excluding hydrogens is 1170 g/mol. The molecule has 8 rings (SSSR count). The molecule has 1 aromatic rings. The number of esters is 2. The van der Waals surface area contributed by atoms with Crippen LogP contribution in [0.25, 0.3) is 22.6 Å². The fourth-order valence-corrected chi connectivity index (χ4v) is 12.3. The highest BCUT2D eigenvalue weighted by atomic mass is 16.6. The van der Waals surface area contributed by atoms with Gasteiger partial charge >= 0.3 is 11.9 Å². The third kappa shape index (κ3) is 12.7. The van der Waals surface area contributed by atoms with Crippen LogP contribution in [0, 0.1) is 31.6 Å². The number of cyclic esters (lactones) is 1. The van der Waals surface area contributed by atoms with E-state index in [-0.39, 0.29) is 53.1 Å². The van der Waals surface area contributed by atoms with E-state index in [0.717, 1.165) is 19.6 Å². The lowest BCUT2D eigenvalue weighted by Crippen LogP contribution is -2.62. The number of amides is 10. The second-order valence-corrected chi connectivity index (χ2v) is 25.2. The number of fused-ring (bicyclic) bond motifs is 7. The third-order valence-corrected chi connectivity index (χ3v) is 17.7. The van der Waals surface area contributed by atoms with E-state index in [4.69, 9.17) is 23.6 Å². The largest absolute Gasteiger partial charge is 0.485 e. The number of carbonyl (C=O) groups excluding carboxylic acids is 12. The molecule has 4 fully saturated rings. The maximum Gasteiger partial charge on any atom is 0.329 e. The van der Waals surface area contributed by atoms with Gasteiger partial charge in [-0.05, 0) is 83.3 Å². The molecule has 0 bridgehead atoms. The molecule has 1 aliphatic carbocycles. The highest BCUT2D eigenvalue weighted by Crippen LogP contribution is 2.37. The molecule has 0 unspecified atom stereocenters. The topological polar surface area (TPSA) is 363 Å². The first-order valence-corrected chi connectivity index (χ1v) is 30.2. The summed E-state index contributed by atoms with van der Waals surface area (Å²) in [6, 6.07) is -9.46. The lowest BCUT2D eigenvalue weighted by molar-refractivity contribution is -0.163. The van der Waals surface area contributed by atoms with Crippen LogP contribution in [0.5, 0.6) is 5.75 Å². The van der Waals surface area contributed by atoms with E-state index < -0.39 is 198 Å². The molecule has 29 nitrogen and oxygen atoms in total. The Morgan fingerprint density at radius 2 is 1.34 bits per heavy atom. The molecule has 90 heavy (non-hydrogen) atoms. The number of aryl methyl sites for hydroxylation is 1. The highest BCUT2D eigenvalue weighted by Gasteiger charge is 2.51. The van der Waals surface area contributed by atoms with Gasteiger partial charge in [0.2, 0.25) is 52.7 Å². The number of nitrogens with zero attached hydrogens (tertiary/aromatic N) is 7. The molecule has 0 saturated carbocycles. The van der Waals surface area contributed by atoms with Crippen LogP contribution >= 0.6 is 0 Å². The first-order chi connectivity index (χ1) is 42.2. The Morgan fingerprint density at radius 3 is 1.98 bits per heavy atom. The Bertz CT molecular complexity index is 3480. The van der Waals surface area contributed by atoms with Gasteiger partial charge in [-0.25, -0.2) is 14.6 Å². The van der Waals surface area contributed by atoms with Gasteiger partial charge in [0.1, 0.15) is 77.8 Å². The van der Waals surface area contributed by atoms with Crippen LogP contribution in [-0.2, 0) is 57.4 Å². The van der Waals surface area contributed by atoms with E-state index >= 15 is 9.59 Å². The van der Waals surface area contributed by atoms with Gasteiger partial charge in [-0.15, -0.1) is 0 Å². The van der Waals surface area contributed by atoms with Crippen molar-refractivity contribution in [1.82, 2.24) is 55.7 Å². The summed E-state index contributed by atoms with van der Waals surface area (Å²) in [5.41, 5.74) is -2.28. The summed E-state index contributed by atoms with van der Waals surface area (Å²) < 4.78 is 24.4. The number of likely N-dealkylation sites (N-methyl/N-ethyl adjacent to an activating group) is 4. The fourth-order valence-electron chi connectivity index (χ4n) is 12.3. The third-order valence-electron chi connectivity index (χ3n) is 17.7. The lowest BCUT2D eigenvalue weighted by Gasteiger charge is -2.37.